The number of aromatic nitrogens is 1. The van der Waals surface area contributed by atoms with E-state index < -0.39 is 0 Å². The van der Waals surface area contributed by atoms with Gasteiger partial charge in [0.05, 0.1) is 6.54 Å². The lowest BCUT2D eigenvalue weighted by atomic mass is 9.93. The van der Waals surface area contributed by atoms with Crippen LogP contribution >= 0.6 is 0 Å². The maximum atomic E-state index is 13.6. The van der Waals surface area contributed by atoms with Crippen LogP contribution in [0.5, 0.6) is 0 Å². The molecule has 1 N–H and O–H groups in total. The number of nitrogens with one attached hydrogen (secondary N) is 1. The Labute approximate surface area is 217 Å². The smallest absolute Gasteiger partial charge is 0.322 e. The molecule has 2 aromatic rings. The molecule has 7 nitrogen and oxygen atoms in total. The minimum Gasteiger partial charge on any atom is -0.385 e. The number of hydrogen-bond acceptors (Lipinski definition) is 3. The highest BCUT2D eigenvalue weighted by Crippen LogP contribution is 2.32. The molecule has 0 aliphatic heterocycles. The second-order valence-electron chi connectivity index (χ2n) is 10.1. The molecule has 1 heterocycles. The van der Waals surface area contributed by atoms with E-state index in [1.165, 1.54) is 0 Å². The summed E-state index contributed by atoms with van der Waals surface area (Å²) >= 11 is 0. The lowest BCUT2D eigenvalue weighted by Gasteiger charge is -2.29. The summed E-state index contributed by atoms with van der Waals surface area (Å²) in [6, 6.07) is 9.96. The van der Waals surface area contributed by atoms with E-state index in [-0.39, 0.29) is 30.3 Å². The number of carbonyl (C=O) groups is 2. The van der Waals surface area contributed by atoms with Crippen molar-refractivity contribution in [3.05, 3.63) is 53.3 Å². The van der Waals surface area contributed by atoms with Crippen LogP contribution in [-0.2, 0) is 23.1 Å². The molecule has 0 saturated heterocycles. The molecule has 0 spiro atoms. The molecule has 0 atom stereocenters. The van der Waals surface area contributed by atoms with Crippen LogP contribution in [0.3, 0.4) is 0 Å². The first-order chi connectivity index (χ1) is 17.2. The summed E-state index contributed by atoms with van der Waals surface area (Å²) in [4.78, 5) is 30.6. The topological polar surface area (TPSA) is 66.8 Å². The van der Waals surface area contributed by atoms with E-state index >= 15 is 0 Å². The normalized spacial score (nSPS) is 11.2. The van der Waals surface area contributed by atoms with Gasteiger partial charge in [0.15, 0.2) is 0 Å². The summed E-state index contributed by atoms with van der Waals surface area (Å²) in [6.45, 7) is 12.8. The van der Waals surface area contributed by atoms with Gasteiger partial charge >= 0.3 is 6.03 Å². The van der Waals surface area contributed by atoms with Gasteiger partial charge in [-0.05, 0) is 47.9 Å². The number of ether oxygens (including phenoxy) is 1. The van der Waals surface area contributed by atoms with Crippen LogP contribution < -0.4 is 5.32 Å². The fraction of sp³-hybridized carbons (Fsp3) is 0.586. The van der Waals surface area contributed by atoms with E-state index in [2.05, 4.69) is 58.1 Å². The number of carbonyl (C=O) groups excluding carboxylic acids is 2. The number of hydrogen-bond donors (Lipinski definition) is 1. The molecular formula is C29H46N4O3. The van der Waals surface area contributed by atoms with Crippen LogP contribution in [0.4, 0.5) is 10.5 Å². The highest BCUT2D eigenvalue weighted by Gasteiger charge is 2.24. The molecule has 2 rings (SSSR count). The van der Waals surface area contributed by atoms with Gasteiger partial charge in [-0.15, -0.1) is 0 Å². The van der Waals surface area contributed by atoms with Crippen molar-refractivity contribution in [2.24, 2.45) is 7.05 Å². The molecule has 36 heavy (non-hydrogen) atoms. The first-order valence-electron chi connectivity index (χ1n) is 13.2. The first kappa shape index (κ1) is 29.4. The van der Waals surface area contributed by atoms with Crippen LogP contribution in [0.1, 0.15) is 82.5 Å². The number of anilines is 1. The summed E-state index contributed by atoms with van der Waals surface area (Å²) < 4.78 is 7.26. The number of rotatable bonds is 14. The predicted octanol–water partition coefficient (Wildman–Crippen LogP) is 5.97. The summed E-state index contributed by atoms with van der Waals surface area (Å²) in [5.74, 6) is 0.480. The molecule has 3 amide bonds. The van der Waals surface area contributed by atoms with Crippen molar-refractivity contribution in [1.29, 1.82) is 0 Å². The fourth-order valence-corrected chi connectivity index (χ4v) is 4.29. The van der Waals surface area contributed by atoms with E-state index in [9.17, 15) is 9.59 Å². The zero-order valence-corrected chi connectivity index (χ0v) is 23.3. The van der Waals surface area contributed by atoms with Crippen molar-refractivity contribution in [1.82, 2.24) is 14.4 Å². The molecule has 0 radical (unpaired) electrons. The second-order valence-corrected chi connectivity index (χ2v) is 10.1. The zero-order valence-electron chi connectivity index (χ0n) is 23.3. The molecule has 0 saturated carbocycles. The van der Waals surface area contributed by atoms with Crippen LogP contribution in [-0.4, -0.2) is 59.7 Å². The van der Waals surface area contributed by atoms with Crippen LogP contribution in [0.2, 0.25) is 0 Å². The lowest BCUT2D eigenvalue weighted by Crippen LogP contribution is -2.45. The third-order valence-electron chi connectivity index (χ3n) is 6.53. The standard InChI is InChI=1S/C29H46N4O3/c1-8-9-17-32(20-24-13-11-16-31(24)6)27(34)21-33(18-12-19-36-7)29(35)30-28-25(22(2)3)14-10-15-26(28)23(4)5/h10-11,13-16,22-23H,8-9,12,17-21H2,1-7H3,(H,30,35). The predicted molar refractivity (Wildman–Crippen MR) is 147 cm³/mol. The van der Waals surface area contributed by atoms with Gasteiger partial charge in [-0.3, -0.25) is 4.79 Å². The summed E-state index contributed by atoms with van der Waals surface area (Å²) in [5, 5.41) is 3.18. The quantitative estimate of drug-likeness (QED) is 0.326. The molecular weight excluding hydrogens is 452 g/mol. The van der Waals surface area contributed by atoms with Gasteiger partial charge in [-0.25, -0.2) is 4.79 Å². The number of para-hydroxylation sites is 1. The molecule has 0 unspecified atom stereocenters. The largest absolute Gasteiger partial charge is 0.385 e. The second kappa shape index (κ2) is 14.7. The Hall–Kier alpha value is -2.80. The maximum Gasteiger partial charge on any atom is 0.322 e. The number of aryl methyl sites for hydroxylation is 1. The zero-order chi connectivity index (χ0) is 26.7. The Morgan fingerprint density at radius 1 is 0.972 bits per heavy atom. The fourth-order valence-electron chi connectivity index (χ4n) is 4.29. The van der Waals surface area contributed by atoms with Gasteiger partial charge in [0.1, 0.15) is 6.54 Å². The Balaban J connectivity index is 2.27. The van der Waals surface area contributed by atoms with Crippen molar-refractivity contribution in [2.75, 3.05) is 38.7 Å². The van der Waals surface area contributed by atoms with Crippen LogP contribution in [0.15, 0.2) is 36.5 Å². The average molecular weight is 499 g/mol. The minimum absolute atomic E-state index is 0.0323. The highest BCUT2D eigenvalue weighted by molar-refractivity contribution is 5.94. The van der Waals surface area contributed by atoms with Crippen molar-refractivity contribution in [2.45, 2.75) is 72.3 Å². The molecule has 1 aromatic carbocycles. The molecule has 0 bridgehead atoms. The number of methoxy groups -OCH3 is 1. The Morgan fingerprint density at radius 3 is 2.14 bits per heavy atom. The van der Waals surface area contributed by atoms with Crippen LogP contribution in [0.25, 0.3) is 0 Å². The molecule has 200 valence electrons. The highest BCUT2D eigenvalue weighted by atomic mass is 16.5. The number of urea groups is 1. The van der Waals surface area contributed by atoms with Gasteiger partial charge in [-0.2, -0.15) is 0 Å². The van der Waals surface area contributed by atoms with Gasteiger partial charge < -0.3 is 24.4 Å². The maximum absolute atomic E-state index is 13.6. The summed E-state index contributed by atoms with van der Waals surface area (Å²) in [5.41, 5.74) is 4.14. The van der Waals surface area contributed by atoms with Gasteiger partial charge in [0.2, 0.25) is 5.91 Å². The number of nitrogens with zero attached hydrogens (tertiary/aromatic N) is 3. The van der Waals surface area contributed by atoms with Crippen molar-refractivity contribution in [3.8, 4) is 0 Å². The van der Waals surface area contributed by atoms with E-state index in [1.807, 2.05) is 34.8 Å². The number of benzene rings is 1. The van der Waals surface area contributed by atoms with E-state index in [4.69, 9.17) is 4.74 Å². The Morgan fingerprint density at radius 2 is 1.61 bits per heavy atom. The van der Waals surface area contributed by atoms with E-state index in [0.717, 1.165) is 35.3 Å². The third kappa shape index (κ3) is 8.40. The van der Waals surface area contributed by atoms with Crippen molar-refractivity contribution >= 4 is 17.6 Å². The molecule has 1 aromatic heterocycles. The Kier molecular flexibility index (Phi) is 12.0. The lowest BCUT2D eigenvalue weighted by molar-refractivity contribution is -0.132. The molecule has 0 aliphatic rings. The average Bonchev–Trinajstić information content (AvgIpc) is 3.24. The summed E-state index contributed by atoms with van der Waals surface area (Å²) in [7, 11) is 3.64. The Bertz CT molecular complexity index is 941. The van der Waals surface area contributed by atoms with Crippen LogP contribution in [0, 0.1) is 0 Å². The van der Waals surface area contributed by atoms with Gasteiger partial charge in [-0.1, -0.05) is 59.2 Å². The van der Waals surface area contributed by atoms with E-state index in [0.29, 0.717) is 32.7 Å². The monoisotopic (exact) mass is 498 g/mol. The molecule has 7 heteroatoms. The number of amides is 3. The van der Waals surface area contributed by atoms with Crippen molar-refractivity contribution < 1.29 is 14.3 Å². The number of unbranched alkanes of at least 4 members (excludes halogenated alkanes) is 1. The minimum atomic E-state index is -0.247. The first-order valence-corrected chi connectivity index (χ1v) is 13.2. The summed E-state index contributed by atoms with van der Waals surface area (Å²) in [6.07, 6.45) is 4.57. The van der Waals surface area contributed by atoms with Gasteiger partial charge in [0.25, 0.3) is 0 Å². The third-order valence-corrected chi connectivity index (χ3v) is 6.53. The van der Waals surface area contributed by atoms with Gasteiger partial charge in [0, 0.05) is 51.4 Å². The van der Waals surface area contributed by atoms with E-state index in [1.54, 1.807) is 12.0 Å². The molecule has 0 aliphatic carbocycles. The molecule has 0 fully saturated rings. The van der Waals surface area contributed by atoms with Crippen molar-refractivity contribution in [3.63, 3.8) is 0 Å². The SMILES string of the molecule is CCCCN(Cc1cccn1C)C(=O)CN(CCCOC)C(=O)Nc1c(C(C)C)cccc1C(C)C.